The molecule has 0 saturated heterocycles. The number of ether oxygens (including phenoxy) is 1. The molecule has 1 aliphatic rings. The van der Waals surface area contributed by atoms with Crippen LogP contribution in [0.4, 0.5) is 0 Å². The number of fused-ring (bicyclic) bond motifs is 1. The summed E-state index contributed by atoms with van der Waals surface area (Å²) in [7, 11) is 0. The van der Waals surface area contributed by atoms with Crippen LogP contribution in [-0.4, -0.2) is 27.4 Å². The van der Waals surface area contributed by atoms with Gasteiger partial charge in [-0.1, -0.05) is 11.6 Å². The van der Waals surface area contributed by atoms with Gasteiger partial charge in [-0.15, -0.1) is 0 Å². The molecule has 2 unspecified atom stereocenters. The molecule has 2 rings (SSSR count). The van der Waals surface area contributed by atoms with Crippen LogP contribution >= 0.6 is 11.6 Å². The van der Waals surface area contributed by atoms with Crippen LogP contribution in [0.2, 0.25) is 5.02 Å². The summed E-state index contributed by atoms with van der Waals surface area (Å²) in [6.45, 7) is 1.49. The number of phenolic OH excluding ortho intramolecular Hbond substituents is 2. The molecular formula is C10H9ClO5. The summed E-state index contributed by atoms with van der Waals surface area (Å²) in [4.78, 5) is 11.5. The van der Waals surface area contributed by atoms with Gasteiger partial charge in [-0.25, -0.2) is 4.79 Å². The van der Waals surface area contributed by atoms with E-state index in [1.54, 1.807) is 0 Å². The highest BCUT2D eigenvalue weighted by atomic mass is 35.5. The molecule has 0 radical (unpaired) electrons. The fraction of sp³-hybridized carbons (Fsp3) is 0.300. The molecule has 1 aliphatic heterocycles. The van der Waals surface area contributed by atoms with Crippen molar-refractivity contribution in [3.05, 3.63) is 22.2 Å². The monoisotopic (exact) mass is 244 g/mol. The lowest BCUT2D eigenvalue weighted by atomic mass is 9.95. The number of rotatable bonds is 0. The molecule has 0 bridgehead atoms. The van der Waals surface area contributed by atoms with E-state index in [0.29, 0.717) is 0 Å². The second-order valence-electron chi connectivity index (χ2n) is 3.57. The van der Waals surface area contributed by atoms with E-state index in [1.807, 2.05) is 0 Å². The number of halogens is 1. The Balaban J connectivity index is 2.76. The fourth-order valence-electron chi connectivity index (χ4n) is 1.67. The fourth-order valence-corrected chi connectivity index (χ4v) is 1.93. The van der Waals surface area contributed by atoms with Crippen LogP contribution in [0.25, 0.3) is 0 Å². The van der Waals surface area contributed by atoms with Gasteiger partial charge in [-0.3, -0.25) is 0 Å². The van der Waals surface area contributed by atoms with Crippen molar-refractivity contribution < 1.29 is 24.9 Å². The first-order valence-corrected chi connectivity index (χ1v) is 4.94. The van der Waals surface area contributed by atoms with Crippen molar-refractivity contribution in [3.63, 3.8) is 0 Å². The number of carbonyl (C=O) groups excluding carboxylic acids is 1. The summed E-state index contributed by atoms with van der Waals surface area (Å²) in [5.74, 6) is -1.63. The summed E-state index contributed by atoms with van der Waals surface area (Å²) >= 11 is 5.78. The molecule has 16 heavy (non-hydrogen) atoms. The minimum absolute atomic E-state index is 0.00270. The van der Waals surface area contributed by atoms with Crippen LogP contribution in [0.15, 0.2) is 6.07 Å². The van der Waals surface area contributed by atoms with E-state index >= 15 is 0 Å². The van der Waals surface area contributed by atoms with Crippen LogP contribution < -0.4 is 0 Å². The SMILES string of the molecule is CC1OC(=O)c2c(O)cc(O)c(Cl)c2C1O. The van der Waals surface area contributed by atoms with E-state index in [1.165, 1.54) is 6.92 Å². The first-order valence-electron chi connectivity index (χ1n) is 4.57. The van der Waals surface area contributed by atoms with Crippen LogP contribution in [0, 0.1) is 0 Å². The van der Waals surface area contributed by atoms with E-state index in [4.69, 9.17) is 16.3 Å². The lowest BCUT2D eigenvalue weighted by Crippen LogP contribution is -2.30. The average molecular weight is 245 g/mol. The maximum absolute atomic E-state index is 11.5. The van der Waals surface area contributed by atoms with Gasteiger partial charge in [-0.2, -0.15) is 0 Å². The number of phenols is 2. The average Bonchev–Trinajstić information content (AvgIpc) is 2.20. The summed E-state index contributed by atoms with van der Waals surface area (Å²) < 4.78 is 4.81. The quantitative estimate of drug-likeness (QED) is 0.600. The van der Waals surface area contributed by atoms with Gasteiger partial charge in [0, 0.05) is 11.6 Å². The standard InChI is InChI=1S/C10H9ClO5/c1-3-9(14)7-6(10(15)16-3)4(12)2-5(13)8(7)11/h2-3,9,12-14H,1H3. The van der Waals surface area contributed by atoms with Gasteiger partial charge in [-0.05, 0) is 6.92 Å². The van der Waals surface area contributed by atoms with Crippen LogP contribution in [0.5, 0.6) is 11.5 Å². The Labute approximate surface area is 95.8 Å². The molecule has 2 atom stereocenters. The minimum Gasteiger partial charge on any atom is -0.507 e. The highest BCUT2D eigenvalue weighted by molar-refractivity contribution is 6.33. The first-order chi connectivity index (χ1) is 7.43. The van der Waals surface area contributed by atoms with Gasteiger partial charge in [0.15, 0.2) is 0 Å². The second-order valence-corrected chi connectivity index (χ2v) is 3.95. The van der Waals surface area contributed by atoms with Crippen LogP contribution in [0.1, 0.15) is 28.9 Å². The Bertz CT molecular complexity index is 471. The van der Waals surface area contributed by atoms with Crippen molar-refractivity contribution >= 4 is 17.6 Å². The van der Waals surface area contributed by atoms with Gasteiger partial charge in [0.05, 0.1) is 5.02 Å². The number of carbonyl (C=O) groups is 1. The number of benzene rings is 1. The molecule has 0 saturated carbocycles. The van der Waals surface area contributed by atoms with Crippen molar-refractivity contribution in [1.29, 1.82) is 0 Å². The zero-order chi connectivity index (χ0) is 12.0. The maximum Gasteiger partial charge on any atom is 0.342 e. The Morgan fingerprint density at radius 2 is 2.00 bits per heavy atom. The third kappa shape index (κ3) is 1.40. The van der Waals surface area contributed by atoms with Crippen molar-refractivity contribution in [2.45, 2.75) is 19.1 Å². The Hall–Kier alpha value is -1.46. The number of aliphatic hydroxyl groups excluding tert-OH is 1. The molecule has 0 aliphatic carbocycles. The van der Waals surface area contributed by atoms with Gasteiger partial charge >= 0.3 is 5.97 Å². The highest BCUT2D eigenvalue weighted by Crippen LogP contribution is 2.43. The number of cyclic esters (lactones) is 1. The molecule has 86 valence electrons. The molecule has 0 spiro atoms. The van der Waals surface area contributed by atoms with Gasteiger partial charge in [0.2, 0.25) is 0 Å². The molecule has 1 heterocycles. The number of aromatic hydroxyl groups is 2. The molecular weight excluding hydrogens is 236 g/mol. The zero-order valence-corrected chi connectivity index (χ0v) is 9.02. The van der Waals surface area contributed by atoms with Gasteiger partial charge in [0.25, 0.3) is 0 Å². The second kappa shape index (κ2) is 3.54. The van der Waals surface area contributed by atoms with E-state index in [0.717, 1.165) is 6.07 Å². The van der Waals surface area contributed by atoms with Crippen LogP contribution in [0.3, 0.4) is 0 Å². The Morgan fingerprint density at radius 3 is 2.62 bits per heavy atom. The predicted molar refractivity (Wildman–Crippen MR) is 54.6 cm³/mol. The van der Waals surface area contributed by atoms with Crippen molar-refractivity contribution in [2.24, 2.45) is 0 Å². The van der Waals surface area contributed by atoms with Crippen molar-refractivity contribution in [3.8, 4) is 11.5 Å². The number of hydrogen-bond acceptors (Lipinski definition) is 5. The minimum atomic E-state index is -1.17. The molecule has 3 N–H and O–H groups in total. The molecule has 0 fully saturated rings. The van der Waals surface area contributed by atoms with Crippen molar-refractivity contribution in [2.75, 3.05) is 0 Å². The normalized spacial score (nSPS) is 23.8. The summed E-state index contributed by atoms with van der Waals surface area (Å²) in [6.07, 6.45) is -1.95. The van der Waals surface area contributed by atoms with Crippen LogP contribution in [-0.2, 0) is 4.74 Å². The van der Waals surface area contributed by atoms with Gasteiger partial charge < -0.3 is 20.1 Å². The summed E-state index contributed by atoms with van der Waals surface area (Å²) in [6, 6.07) is 0.936. The predicted octanol–water partition coefficient (Wildman–Crippen LogP) is 1.34. The lowest BCUT2D eigenvalue weighted by molar-refractivity contribution is -0.0217. The molecule has 5 nitrogen and oxygen atoms in total. The van der Waals surface area contributed by atoms with E-state index in [-0.39, 0.29) is 21.9 Å². The third-order valence-corrected chi connectivity index (χ3v) is 2.89. The van der Waals surface area contributed by atoms with Crippen molar-refractivity contribution in [1.82, 2.24) is 0 Å². The Morgan fingerprint density at radius 1 is 1.38 bits per heavy atom. The Kier molecular flexibility index (Phi) is 2.44. The van der Waals surface area contributed by atoms with E-state index in [9.17, 15) is 20.1 Å². The molecule has 6 heteroatoms. The third-order valence-electron chi connectivity index (χ3n) is 2.50. The molecule has 1 aromatic carbocycles. The number of esters is 1. The number of hydrogen-bond donors (Lipinski definition) is 3. The zero-order valence-electron chi connectivity index (χ0n) is 8.27. The maximum atomic E-state index is 11.5. The highest BCUT2D eigenvalue weighted by Gasteiger charge is 2.36. The van der Waals surface area contributed by atoms with E-state index in [2.05, 4.69) is 0 Å². The van der Waals surface area contributed by atoms with E-state index < -0.39 is 23.9 Å². The molecule has 0 amide bonds. The number of aliphatic hydroxyl groups is 1. The topological polar surface area (TPSA) is 87.0 Å². The molecule has 0 aromatic heterocycles. The first kappa shape index (κ1) is 11.0. The summed E-state index contributed by atoms with van der Waals surface area (Å²) in [5, 5.41) is 28.5. The largest absolute Gasteiger partial charge is 0.507 e. The van der Waals surface area contributed by atoms with Gasteiger partial charge in [0.1, 0.15) is 29.3 Å². The smallest absolute Gasteiger partial charge is 0.342 e. The molecule has 1 aromatic rings. The lowest BCUT2D eigenvalue weighted by Gasteiger charge is -2.28. The summed E-state index contributed by atoms with van der Waals surface area (Å²) in [5.41, 5.74) is -0.198.